The minimum atomic E-state index is -0.815. The second kappa shape index (κ2) is 11.9. The van der Waals surface area contributed by atoms with Crippen LogP contribution in [0.15, 0.2) is 76.4 Å². The standard InChI is InChI=1S/C27H27N5O6/c1-36-21-9-6-7-18(15-21)17-31-26(34)24(25(33)29-14-12-19-8-4-5-13-28-19)30-32(27(31)35)20-10-11-22(37-2)23(16-20)38-3/h4-11,13,15-16H,12,14,17H2,1-3H3,(H,29,33). The molecule has 0 aliphatic carbocycles. The fraction of sp³-hybridized carbons (Fsp3) is 0.222. The first-order chi connectivity index (χ1) is 18.4. The molecule has 0 fully saturated rings. The highest BCUT2D eigenvalue weighted by molar-refractivity contribution is 5.91. The summed E-state index contributed by atoms with van der Waals surface area (Å²) in [5, 5.41) is 6.86. The van der Waals surface area contributed by atoms with Crippen LogP contribution in [0.2, 0.25) is 0 Å². The van der Waals surface area contributed by atoms with E-state index in [0.29, 0.717) is 29.2 Å². The summed E-state index contributed by atoms with van der Waals surface area (Å²) in [5.74, 6) is 0.656. The number of pyridine rings is 1. The molecule has 2 aromatic carbocycles. The molecule has 4 rings (SSSR count). The summed E-state index contributed by atoms with van der Waals surface area (Å²) < 4.78 is 17.8. The Hall–Kier alpha value is -4.93. The van der Waals surface area contributed by atoms with Crippen molar-refractivity contribution < 1.29 is 19.0 Å². The SMILES string of the molecule is COc1cccc(Cn2c(=O)c(C(=O)NCCc3ccccn3)nn(-c3ccc(OC)c(OC)c3)c2=O)c1. The van der Waals surface area contributed by atoms with Crippen molar-refractivity contribution in [3.63, 3.8) is 0 Å². The van der Waals surface area contributed by atoms with Crippen LogP contribution in [0.5, 0.6) is 17.2 Å². The number of nitrogens with one attached hydrogen (secondary N) is 1. The van der Waals surface area contributed by atoms with Crippen molar-refractivity contribution >= 4 is 5.91 Å². The van der Waals surface area contributed by atoms with Gasteiger partial charge in [0.25, 0.3) is 11.5 Å². The molecule has 4 aromatic rings. The fourth-order valence-corrected chi connectivity index (χ4v) is 3.81. The van der Waals surface area contributed by atoms with E-state index in [1.54, 1.807) is 48.7 Å². The number of aromatic nitrogens is 4. The van der Waals surface area contributed by atoms with Gasteiger partial charge in [0.15, 0.2) is 11.5 Å². The number of rotatable bonds is 10. The van der Waals surface area contributed by atoms with Gasteiger partial charge in [0.05, 0.1) is 33.6 Å². The highest BCUT2D eigenvalue weighted by atomic mass is 16.5. The summed E-state index contributed by atoms with van der Waals surface area (Å²) in [5.41, 5.74) is -0.264. The lowest BCUT2D eigenvalue weighted by Gasteiger charge is -2.14. The summed E-state index contributed by atoms with van der Waals surface area (Å²) in [7, 11) is 4.47. The highest BCUT2D eigenvalue weighted by Crippen LogP contribution is 2.28. The predicted octanol–water partition coefficient (Wildman–Crippen LogP) is 1.84. The predicted molar refractivity (Wildman–Crippen MR) is 140 cm³/mol. The maximum atomic E-state index is 13.5. The van der Waals surface area contributed by atoms with Gasteiger partial charge in [-0.3, -0.25) is 19.1 Å². The number of ether oxygens (including phenoxy) is 3. The third-order valence-corrected chi connectivity index (χ3v) is 5.75. The van der Waals surface area contributed by atoms with Crippen molar-refractivity contribution in [1.29, 1.82) is 0 Å². The van der Waals surface area contributed by atoms with Gasteiger partial charge in [-0.2, -0.15) is 9.78 Å². The first-order valence-electron chi connectivity index (χ1n) is 11.7. The van der Waals surface area contributed by atoms with Crippen molar-refractivity contribution in [1.82, 2.24) is 24.6 Å². The average molecular weight is 518 g/mol. The number of hydrogen-bond donors (Lipinski definition) is 1. The molecule has 0 saturated heterocycles. The van der Waals surface area contributed by atoms with E-state index in [1.807, 2.05) is 12.1 Å². The van der Waals surface area contributed by atoms with Gasteiger partial charge in [-0.15, -0.1) is 0 Å². The fourth-order valence-electron chi connectivity index (χ4n) is 3.81. The number of methoxy groups -OCH3 is 3. The zero-order valence-electron chi connectivity index (χ0n) is 21.2. The second-order valence-electron chi connectivity index (χ2n) is 8.15. The molecule has 0 atom stereocenters. The van der Waals surface area contributed by atoms with E-state index in [-0.39, 0.29) is 18.8 Å². The molecule has 0 aliphatic rings. The van der Waals surface area contributed by atoms with Crippen molar-refractivity contribution in [2.75, 3.05) is 27.9 Å². The minimum absolute atomic E-state index is 0.0983. The van der Waals surface area contributed by atoms with Crippen LogP contribution in [0.3, 0.4) is 0 Å². The molecule has 11 nitrogen and oxygen atoms in total. The summed E-state index contributed by atoms with van der Waals surface area (Å²) in [6, 6.07) is 17.2. The zero-order chi connectivity index (χ0) is 27.1. The Kier molecular flexibility index (Phi) is 8.17. The topological polar surface area (TPSA) is 127 Å². The monoisotopic (exact) mass is 517 g/mol. The molecule has 1 amide bonds. The molecule has 11 heteroatoms. The van der Waals surface area contributed by atoms with Gasteiger partial charge in [0.2, 0.25) is 5.69 Å². The van der Waals surface area contributed by atoms with Crippen molar-refractivity contribution in [2.24, 2.45) is 0 Å². The Balaban J connectivity index is 1.76. The average Bonchev–Trinajstić information content (AvgIpc) is 2.95. The quantitative estimate of drug-likeness (QED) is 0.338. The molecule has 0 spiro atoms. The second-order valence-corrected chi connectivity index (χ2v) is 8.15. The third kappa shape index (κ3) is 5.72. The number of hydrogen-bond acceptors (Lipinski definition) is 8. The van der Waals surface area contributed by atoms with E-state index in [9.17, 15) is 14.4 Å². The number of amides is 1. The minimum Gasteiger partial charge on any atom is -0.497 e. The number of benzene rings is 2. The van der Waals surface area contributed by atoms with E-state index >= 15 is 0 Å². The van der Waals surface area contributed by atoms with Gasteiger partial charge in [-0.25, -0.2) is 4.79 Å². The number of nitrogens with zero attached hydrogens (tertiary/aromatic N) is 4. The molecule has 0 saturated carbocycles. The Morgan fingerprint density at radius 3 is 2.45 bits per heavy atom. The summed E-state index contributed by atoms with van der Waals surface area (Å²) in [6.07, 6.45) is 2.12. The number of carbonyl (C=O) groups excluding carboxylic acids is 1. The van der Waals surface area contributed by atoms with Crippen LogP contribution in [-0.2, 0) is 13.0 Å². The molecule has 0 unspecified atom stereocenters. The first-order valence-corrected chi connectivity index (χ1v) is 11.7. The highest BCUT2D eigenvalue weighted by Gasteiger charge is 2.21. The van der Waals surface area contributed by atoms with E-state index in [4.69, 9.17) is 14.2 Å². The van der Waals surface area contributed by atoms with Crippen LogP contribution in [-0.4, -0.2) is 53.1 Å². The van der Waals surface area contributed by atoms with E-state index < -0.39 is 22.9 Å². The molecule has 0 aliphatic heterocycles. The molecule has 196 valence electrons. The van der Waals surface area contributed by atoms with Crippen LogP contribution >= 0.6 is 0 Å². The van der Waals surface area contributed by atoms with Crippen LogP contribution in [0.4, 0.5) is 0 Å². The van der Waals surface area contributed by atoms with E-state index in [0.717, 1.165) is 14.9 Å². The zero-order valence-corrected chi connectivity index (χ0v) is 21.2. The van der Waals surface area contributed by atoms with E-state index in [2.05, 4.69) is 15.4 Å². The summed E-state index contributed by atoms with van der Waals surface area (Å²) >= 11 is 0. The Labute approximate surface area is 218 Å². The van der Waals surface area contributed by atoms with Crippen LogP contribution in [0.25, 0.3) is 5.69 Å². The maximum absolute atomic E-state index is 13.5. The normalized spacial score (nSPS) is 10.6. The van der Waals surface area contributed by atoms with Crippen LogP contribution in [0.1, 0.15) is 21.7 Å². The Morgan fingerprint density at radius 1 is 0.921 bits per heavy atom. The van der Waals surface area contributed by atoms with Crippen LogP contribution in [0, 0.1) is 0 Å². The largest absolute Gasteiger partial charge is 0.497 e. The lowest BCUT2D eigenvalue weighted by atomic mass is 10.2. The van der Waals surface area contributed by atoms with Gasteiger partial charge < -0.3 is 19.5 Å². The summed E-state index contributed by atoms with van der Waals surface area (Å²) in [4.78, 5) is 44.2. The Morgan fingerprint density at radius 2 is 1.74 bits per heavy atom. The first kappa shape index (κ1) is 26.1. The molecule has 0 radical (unpaired) electrons. The number of carbonyl (C=O) groups is 1. The van der Waals surface area contributed by atoms with Crippen molar-refractivity contribution in [3.05, 3.63) is 105 Å². The molecule has 2 heterocycles. The molecule has 1 N–H and O–H groups in total. The lowest BCUT2D eigenvalue weighted by Crippen LogP contribution is -2.46. The van der Waals surface area contributed by atoms with Crippen LogP contribution < -0.4 is 30.8 Å². The van der Waals surface area contributed by atoms with Crippen molar-refractivity contribution in [2.45, 2.75) is 13.0 Å². The van der Waals surface area contributed by atoms with E-state index in [1.165, 1.54) is 27.4 Å². The molecule has 38 heavy (non-hydrogen) atoms. The van der Waals surface area contributed by atoms with Gasteiger partial charge in [0, 0.05) is 30.9 Å². The lowest BCUT2D eigenvalue weighted by molar-refractivity contribution is 0.0944. The van der Waals surface area contributed by atoms with Gasteiger partial charge >= 0.3 is 5.69 Å². The summed E-state index contributed by atoms with van der Waals surface area (Å²) in [6.45, 7) is 0.126. The van der Waals surface area contributed by atoms with Gasteiger partial charge in [0.1, 0.15) is 5.75 Å². The maximum Gasteiger partial charge on any atom is 0.352 e. The third-order valence-electron chi connectivity index (χ3n) is 5.75. The Bertz CT molecular complexity index is 1550. The molecular formula is C27H27N5O6. The molecule has 0 bridgehead atoms. The molecule has 2 aromatic heterocycles. The van der Waals surface area contributed by atoms with Gasteiger partial charge in [-0.1, -0.05) is 18.2 Å². The smallest absolute Gasteiger partial charge is 0.352 e. The van der Waals surface area contributed by atoms with Crippen molar-refractivity contribution in [3.8, 4) is 22.9 Å². The molecular weight excluding hydrogens is 490 g/mol. The van der Waals surface area contributed by atoms with Gasteiger partial charge in [-0.05, 0) is 42.0 Å².